The van der Waals surface area contributed by atoms with Crippen LogP contribution in [0.15, 0.2) is 77.7 Å². The standard InChI is InChI=1S/C26H28N4O5S2/c1-19(2)35-25(31)17-34-23-6-4-5-21(13-23)15-30(37(32,33)24-16-29(3)18-28-24)14-20-7-9-22(10-8-20)26-27-11-12-36-26/h4-13,16,18-19H,14-15,17H2,1-3H3. The monoisotopic (exact) mass is 540 g/mol. The van der Waals surface area contributed by atoms with Crippen molar-refractivity contribution in [2.24, 2.45) is 7.05 Å². The Morgan fingerprint density at radius 2 is 1.84 bits per heavy atom. The summed E-state index contributed by atoms with van der Waals surface area (Å²) in [4.78, 5) is 20.2. The number of ether oxygens (including phenoxy) is 2. The summed E-state index contributed by atoms with van der Waals surface area (Å²) in [7, 11) is -2.18. The highest BCUT2D eigenvalue weighted by molar-refractivity contribution is 7.89. The Bertz CT molecular complexity index is 1430. The summed E-state index contributed by atoms with van der Waals surface area (Å²) in [5, 5.41) is 2.78. The van der Waals surface area contributed by atoms with Gasteiger partial charge in [-0.2, -0.15) is 4.31 Å². The van der Waals surface area contributed by atoms with Gasteiger partial charge in [0.25, 0.3) is 10.0 Å². The number of imidazole rings is 1. The van der Waals surface area contributed by atoms with Crippen LogP contribution in [-0.2, 0) is 39.7 Å². The molecule has 0 bridgehead atoms. The lowest BCUT2D eigenvalue weighted by molar-refractivity contribution is -0.149. The molecule has 0 saturated heterocycles. The Kier molecular flexibility index (Phi) is 8.37. The lowest BCUT2D eigenvalue weighted by atomic mass is 10.1. The number of carbonyl (C=O) groups excluding carboxylic acids is 1. The highest BCUT2D eigenvalue weighted by Crippen LogP contribution is 2.25. The number of nitrogens with zero attached hydrogens (tertiary/aromatic N) is 4. The largest absolute Gasteiger partial charge is 0.482 e. The van der Waals surface area contributed by atoms with E-state index in [9.17, 15) is 13.2 Å². The van der Waals surface area contributed by atoms with E-state index in [1.807, 2.05) is 35.7 Å². The lowest BCUT2D eigenvalue weighted by Gasteiger charge is -2.22. The van der Waals surface area contributed by atoms with Crippen molar-refractivity contribution in [3.05, 3.63) is 83.8 Å². The summed E-state index contributed by atoms with van der Waals surface area (Å²) in [6, 6.07) is 14.7. The molecule has 0 aliphatic rings. The van der Waals surface area contributed by atoms with E-state index in [2.05, 4.69) is 9.97 Å². The lowest BCUT2D eigenvalue weighted by Crippen LogP contribution is -2.30. The molecular formula is C26H28N4O5S2. The van der Waals surface area contributed by atoms with Crippen LogP contribution in [0.1, 0.15) is 25.0 Å². The van der Waals surface area contributed by atoms with Crippen LogP contribution < -0.4 is 4.74 Å². The Morgan fingerprint density at radius 1 is 1.08 bits per heavy atom. The SMILES string of the molecule is CC(C)OC(=O)COc1cccc(CN(Cc2ccc(-c3nccs3)cc2)S(=O)(=O)c2cn(C)cn2)c1. The summed E-state index contributed by atoms with van der Waals surface area (Å²) in [5.74, 6) is -0.0258. The first-order valence-corrected chi connectivity index (χ1v) is 13.9. The molecule has 0 aliphatic heterocycles. The van der Waals surface area contributed by atoms with Gasteiger partial charge in [-0.15, -0.1) is 11.3 Å². The van der Waals surface area contributed by atoms with E-state index in [1.165, 1.54) is 16.8 Å². The molecule has 9 nitrogen and oxygen atoms in total. The smallest absolute Gasteiger partial charge is 0.344 e. The van der Waals surface area contributed by atoms with Crippen LogP contribution in [-0.4, -0.2) is 45.9 Å². The number of sulfonamides is 1. The van der Waals surface area contributed by atoms with Crippen molar-refractivity contribution < 1.29 is 22.7 Å². The van der Waals surface area contributed by atoms with Gasteiger partial charge in [0.2, 0.25) is 0 Å². The van der Waals surface area contributed by atoms with Gasteiger partial charge >= 0.3 is 5.97 Å². The second-order valence-electron chi connectivity index (χ2n) is 8.66. The van der Waals surface area contributed by atoms with E-state index < -0.39 is 16.0 Å². The number of hydrogen-bond donors (Lipinski definition) is 0. The molecule has 194 valence electrons. The first kappa shape index (κ1) is 26.5. The zero-order valence-corrected chi connectivity index (χ0v) is 22.4. The van der Waals surface area contributed by atoms with Crippen molar-refractivity contribution in [2.45, 2.75) is 38.1 Å². The average Bonchev–Trinajstić information content (AvgIpc) is 3.55. The molecule has 4 rings (SSSR count). The Morgan fingerprint density at radius 3 is 2.49 bits per heavy atom. The summed E-state index contributed by atoms with van der Waals surface area (Å²) in [5.41, 5.74) is 2.50. The second kappa shape index (κ2) is 11.7. The van der Waals surface area contributed by atoms with E-state index in [-0.39, 0.29) is 30.8 Å². The topological polar surface area (TPSA) is 104 Å². The molecule has 0 amide bonds. The van der Waals surface area contributed by atoms with Crippen molar-refractivity contribution in [3.8, 4) is 16.3 Å². The molecule has 0 saturated carbocycles. The van der Waals surface area contributed by atoms with Crippen molar-refractivity contribution in [1.82, 2.24) is 18.8 Å². The maximum absolute atomic E-state index is 13.6. The van der Waals surface area contributed by atoms with E-state index in [1.54, 1.807) is 61.2 Å². The fourth-order valence-corrected chi connectivity index (χ4v) is 5.61. The van der Waals surface area contributed by atoms with E-state index in [0.29, 0.717) is 11.3 Å². The van der Waals surface area contributed by atoms with Crippen LogP contribution in [0.5, 0.6) is 5.75 Å². The third-order valence-electron chi connectivity index (χ3n) is 5.26. The number of esters is 1. The maximum Gasteiger partial charge on any atom is 0.344 e. The summed E-state index contributed by atoms with van der Waals surface area (Å²) in [6.45, 7) is 3.52. The number of thiazole rings is 1. The summed E-state index contributed by atoms with van der Waals surface area (Å²) >= 11 is 1.54. The van der Waals surface area contributed by atoms with Gasteiger partial charge in [0, 0.05) is 43.5 Å². The number of aromatic nitrogens is 3. The molecule has 0 unspecified atom stereocenters. The fourth-order valence-electron chi connectivity index (χ4n) is 3.58. The van der Waals surface area contributed by atoms with Crippen molar-refractivity contribution in [3.63, 3.8) is 0 Å². The number of aryl methyl sites for hydroxylation is 1. The summed E-state index contributed by atoms with van der Waals surface area (Å²) < 4.78 is 40.8. The van der Waals surface area contributed by atoms with Gasteiger partial charge in [-0.1, -0.05) is 36.4 Å². The fraction of sp³-hybridized carbons (Fsp3) is 0.269. The molecule has 4 aromatic rings. The van der Waals surface area contributed by atoms with E-state index in [4.69, 9.17) is 9.47 Å². The molecule has 2 aromatic heterocycles. The molecule has 0 aliphatic carbocycles. The zero-order valence-electron chi connectivity index (χ0n) is 20.8. The zero-order chi connectivity index (χ0) is 26.4. The van der Waals surface area contributed by atoms with Gasteiger partial charge in [0.15, 0.2) is 11.6 Å². The van der Waals surface area contributed by atoms with Gasteiger partial charge in [-0.05, 0) is 37.1 Å². The Labute approximate surface area is 220 Å². The van der Waals surface area contributed by atoms with Crippen molar-refractivity contribution in [2.75, 3.05) is 6.61 Å². The number of hydrogen-bond acceptors (Lipinski definition) is 8. The third kappa shape index (κ3) is 7.03. The second-order valence-corrected chi connectivity index (χ2v) is 11.4. The van der Waals surface area contributed by atoms with Crippen LogP contribution >= 0.6 is 11.3 Å². The van der Waals surface area contributed by atoms with Crippen LogP contribution in [0.2, 0.25) is 0 Å². The van der Waals surface area contributed by atoms with Gasteiger partial charge in [-0.3, -0.25) is 0 Å². The number of carbonyl (C=O) groups is 1. The van der Waals surface area contributed by atoms with Crippen LogP contribution in [0.3, 0.4) is 0 Å². The predicted octanol–water partition coefficient (Wildman–Crippen LogP) is 4.27. The van der Waals surface area contributed by atoms with Crippen LogP contribution in [0.4, 0.5) is 0 Å². The molecule has 37 heavy (non-hydrogen) atoms. The highest BCUT2D eigenvalue weighted by Gasteiger charge is 2.27. The molecule has 0 spiro atoms. The molecule has 0 radical (unpaired) electrons. The van der Waals surface area contributed by atoms with Crippen LogP contribution in [0, 0.1) is 0 Å². The number of rotatable bonds is 11. The van der Waals surface area contributed by atoms with Gasteiger partial charge in [-0.25, -0.2) is 23.2 Å². The van der Waals surface area contributed by atoms with Gasteiger partial charge in [0.05, 0.1) is 12.4 Å². The molecule has 11 heteroatoms. The number of benzene rings is 2. The minimum Gasteiger partial charge on any atom is -0.482 e. The third-order valence-corrected chi connectivity index (χ3v) is 7.76. The van der Waals surface area contributed by atoms with Gasteiger partial charge in [0.1, 0.15) is 10.8 Å². The molecule has 0 atom stereocenters. The maximum atomic E-state index is 13.6. The minimum absolute atomic E-state index is 0.0294. The first-order valence-electron chi connectivity index (χ1n) is 11.6. The Balaban J connectivity index is 1.56. The molecule has 2 aromatic carbocycles. The molecular weight excluding hydrogens is 512 g/mol. The Hall–Kier alpha value is -3.54. The van der Waals surface area contributed by atoms with Crippen molar-refractivity contribution in [1.29, 1.82) is 0 Å². The van der Waals surface area contributed by atoms with Crippen molar-refractivity contribution >= 4 is 27.3 Å². The van der Waals surface area contributed by atoms with Crippen LogP contribution in [0.25, 0.3) is 10.6 Å². The molecule has 0 N–H and O–H groups in total. The van der Waals surface area contributed by atoms with E-state index in [0.717, 1.165) is 16.1 Å². The predicted molar refractivity (Wildman–Crippen MR) is 140 cm³/mol. The highest BCUT2D eigenvalue weighted by atomic mass is 32.2. The quantitative estimate of drug-likeness (QED) is 0.262. The van der Waals surface area contributed by atoms with Gasteiger partial charge < -0.3 is 14.0 Å². The average molecular weight is 541 g/mol. The molecule has 0 fully saturated rings. The first-order chi connectivity index (χ1) is 17.7. The normalized spacial score (nSPS) is 11.7. The molecule has 2 heterocycles. The summed E-state index contributed by atoms with van der Waals surface area (Å²) in [6.07, 6.45) is 4.45. The van der Waals surface area contributed by atoms with E-state index >= 15 is 0 Å². The minimum atomic E-state index is -3.91.